The lowest BCUT2D eigenvalue weighted by molar-refractivity contribution is 0.458. The number of aliphatic hydroxyl groups excluding tert-OH is 1. The van der Waals surface area contributed by atoms with Crippen LogP contribution in [0.15, 0.2) is 10.5 Å². The number of nitrogens with one attached hydrogen (secondary N) is 1. The predicted octanol–water partition coefficient (Wildman–Crippen LogP) is 1.24. The van der Waals surface area contributed by atoms with E-state index in [4.69, 9.17) is 5.11 Å². The summed E-state index contributed by atoms with van der Waals surface area (Å²) in [5, 5.41) is 10.5. The summed E-state index contributed by atoms with van der Waals surface area (Å²) in [4.78, 5) is 0. The molecule has 0 fully saturated rings. The molecule has 34 valence electrons. The monoisotopic (exact) mass is 121 g/mol. The van der Waals surface area contributed by atoms with E-state index in [0.29, 0.717) is 5.09 Å². The van der Waals surface area contributed by atoms with Gasteiger partial charge in [0.1, 0.15) is 0 Å². The molecule has 1 heterocycles. The molecular weight excluding hydrogens is 118 g/mol. The summed E-state index contributed by atoms with van der Waals surface area (Å²) in [6.07, 6.45) is 0. The highest BCUT2D eigenvalue weighted by molar-refractivity contribution is 8.18. The Morgan fingerprint density at radius 2 is 2.67 bits per heavy atom. The minimum atomic E-state index is 0.347. The van der Waals surface area contributed by atoms with Crippen LogP contribution >= 0.6 is 23.9 Å². The van der Waals surface area contributed by atoms with E-state index in [2.05, 4.69) is 4.13 Å². The Morgan fingerprint density at radius 1 is 1.83 bits per heavy atom. The Labute approximate surface area is 44.3 Å². The normalized spacial score (nSPS) is 21.0. The van der Waals surface area contributed by atoms with Gasteiger partial charge in [-0.25, -0.2) is 0 Å². The molecule has 2 N–H and O–H groups in total. The molecule has 0 saturated carbocycles. The van der Waals surface area contributed by atoms with E-state index in [1.807, 2.05) is 0 Å². The van der Waals surface area contributed by atoms with Crippen LogP contribution in [0.1, 0.15) is 0 Å². The van der Waals surface area contributed by atoms with Gasteiger partial charge < -0.3 is 5.11 Å². The molecule has 2 nitrogen and oxygen atoms in total. The average Bonchev–Trinajstić information content (AvgIpc) is 1.86. The summed E-state index contributed by atoms with van der Waals surface area (Å²) in [6, 6.07) is 0. The topological polar surface area (TPSA) is 32.3 Å². The van der Waals surface area contributed by atoms with Crippen LogP contribution < -0.4 is 4.13 Å². The molecular formula is C2H3NOS2. The molecule has 0 aromatic heterocycles. The van der Waals surface area contributed by atoms with Crippen molar-refractivity contribution >= 4 is 23.9 Å². The van der Waals surface area contributed by atoms with Gasteiger partial charge in [-0.3, -0.25) is 0 Å². The van der Waals surface area contributed by atoms with E-state index in [1.165, 1.54) is 23.9 Å². The van der Waals surface area contributed by atoms with Gasteiger partial charge in [0.25, 0.3) is 0 Å². The second kappa shape index (κ2) is 1.77. The van der Waals surface area contributed by atoms with Gasteiger partial charge in [0, 0.05) is 17.4 Å². The van der Waals surface area contributed by atoms with Crippen LogP contribution in [0.2, 0.25) is 0 Å². The SMILES string of the molecule is OC1=CSNS1. The maximum Gasteiger partial charge on any atom is 0.173 e. The molecule has 0 aliphatic carbocycles. The third kappa shape index (κ3) is 0.830. The molecule has 0 spiro atoms. The molecule has 0 aromatic carbocycles. The fourth-order valence-electron chi connectivity index (χ4n) is 0.165. The van der Waals surface area contributed by atoms with Crippen molar-refractivity contribution in [2.75, 3.05) is 0 Å². The van der Waals surface area contributed by atoms with Gasteiger partial charge >= 0.3 is 0 Å². The number of hydrogen-bond acceptors (Lipinski definition) is 4. The zero-order chi connectivity index (χ0) is 4.41. The fourth-order valence-corrected chi connectivity index (χ4v) is 1.33. The van der Waals surface area contributed by atoms with Crippen LogP contribution in [0.3, 0.4) is 0 Å². The van der Waals surface area contributed by atoms with Gasteiger partial charge in [0.2, 0.25) is 0 Å². The van der Waals surface area contributed by atoms with Crippen LogP contribution in [0.25, 0.3) is 0 Å². The highest BCUT2D eigenvalue weighted by Crippen LogP contribution is 2.22. The molecule has 0 saturated heterocycles. The van der Waals surface area contributed by atoms with Crippen molar-refractivity contribution in [2.24, 2.45) is 0 Å². The van der Waals surface area contributed by atoms with Crippen molar-refractivity contribution in [1.29, 1.82) is 0 Å². The van der Waals surface area contributed by atoms with E-state index in [9.17, 15) is 0 Å². The van der Waals surface area contributed by atoms with E-state index in [-0.39, 0.29) is 0 Å². The summed E-state index contributed by atoms with van der Waals surface area (Å²) >= 11 is 2.61. The summed E-state index contributed by atoms with van der Waals surface area (Å²) in [7, 11) is 0. The van der Waals surface area contributed by atoms with Crippen LogP contribution in [-0.2, 0) is 0 Å². The Morgan fingerprint density at radius 3 is 2.83 bits per heavy atom. The Balaban J connectivity index is 2.45. The molecule has 0 aromatic rings. The molecule has 6 heavy (non-hydrogen) atoms. The van der Waals surface area contributed by atoms with Crippen molar-refractivity contribution in [1.82, 2.24) is 4.13 Å². The number of hydrogen-bond donors (Lipinski definition) is 2. The second-order valence-electron chi connectivity index (χ2n) is 0.759. The van der Waals surface area contributed by atoms with Gasteiger partial charge in [-0.15, -0.1) is 0 Å². The first-order chi connectivity index (χ1) is 2.89. The Hall–Kier alpha value is 0.200. The van der Waals surface area contributed by atoms with Crippen LogP contribution in [0, 0.1) is 0 Å². The van der Waals surface area contributed by atoms with Crippen LogP contribution in [0.5, 0.6) is 0 Å². The van der Waals surface area contributed by atoms with Gasteiger partial charge in [0.05, 0.1) is 0 Å². The summed E-state index contributed by atoms with van der Waals surface area (Å²) in [6.45, 7) is 0. The Bertz CT molecular complexity index is 81.6. The van der Waals surface area contributed by atoms with E-state index >= 15 is 0 Å². The van der Waals surface area contributed by atoms with E-state index < -0.39 is 0 Å². The highest BCUT2D eigenvalue weighted by Gasteiger charge is 1.98. The van der Waals surface area contributed by atoms with Crippen molar-refractivity contribution < 1.29 is 5.11 Å². The highest BCUT2D eigenvalue weighted by atomic mass is 32.2. The summed E-state index contributed by atoms with van der Waals surface area (Å²) in [5.41, 5.74) is 0. The first-order valence-electron chi connectivity index (χ1n) is 1.36. The number of aliphatic hydroxyl groups is 1. The lowest BCUT2D eigenvalue weighted by atomic mass is 11.1. The molecule has 0 unspecified atom stereocenters. The minimum Gasteiger partial charge on any atom is -0.501 e. The van der Waals surface area contributed by atoms with Crippen molar-refractivity contribution in [3.8, 4) is 0 Å². The lowest BCUT2D eigenvalue weighted by Gasteiger charge is -1.80. The van der Waals surface area contributed by atoms with E-state index in [0.717, 1.165) is 0 Å². The average molecular weight is 121 g/mol. The summed E-state index contributed by atoms with van der Waals surface area (Å²) < 4.78 is 2.76. The quantitative estimate of drug-likeness (QED) is 0.472. The van der Waals surface area contributed by atoms with Gasteiger partial charge in [-0.2, -0.15) is 4.13 Å². The maximum atomic E-state index is 8.47. The van der Waals surface area contributed by atoms with Crippen molar-refractivity contribution in [3.63, 3.8) is 0 Å². The molecule has 1 aliphatic rings. The fraction of sp³-hybridized carbons (Fsp3) is 0. The second-order valence-corrected chi connectivity index (χ2v) is 2.52. The van der Waals surface area contributed by atoms with Crippen LogP contribution in [-0.4, -0.2) is 5.11 Å². The van der Waals surface area contributed by atoms with Gasteiger partial charge in [0.15, 0.2) is 5.09 Å². The van der Waals surface area contributed by atoms with Crippen molar-refractivity contribution in [2.45, 2.75) is 0 Å². The third-order valence-electron chi connectivity index (χ3n) is 0.354. The lowest BCUT2D eigenvalue weighted by Crippen LogP contribution is -1.76. The van der Waals surface area contributed by atoms with Gasteiger partial charge in [-0.05, 0) is 11.9 Å². The molecule has 1 rings (SSSR count). The molecule has 4 heteroatoms. The largest absolute Gasteiger partial charge is 0.501 e. The van der Waals surface area contributed by atoms with Gasteiger partial charge in [-0.1, -0.05) is 0 Å². The zero-order valence-corrected chi connectivity index (χ0v) is 4.47. The smallest absolute Gasteiger partial charge is 0.173 e. The molecule has 0 bridgehead atoms. The third-order valence-corrected chi connectivity index (χ3v) is 1.89. The Kier molecular flexibility index (Phi) is 1.29. The predicted molar refractivity (Wildman–Crippen MR) is 29.0 cm³/mol. The standard InChI is InChI=1S/C2H3NOS2/c4-2-1-5-3-6-2/h1,3-4H. The maximum absolute atomic E-state index is 8.47. The summed E-state index contributed by atoms with van der Waals surface area (Å²) in [5.74, 6) is 0. The minimum absolute atomic E-state index is 0.347. The molecule has 0 radical (unpaired) electrons. The van der Waals surface area contributed by atoms with E-state index in [1.54, 1.807) is 5.41 Å². The molecule has 1 aliphatic heterocycles. The first-order valence-corrected chi connectivity index (χ1v) is 3.06. The first kappa shape index (κ1) is 4.36. The molecule has 0 atom stereocenters. The van der Waals surface area contributed by atoms with Crippen LogP contribution in [0.4, 0.5) is 0 Å². The molecule has 0 amide bonds. The zero-order valence-electron chi connectivity index (χ0n) is 2.84. The number of rotatable bonds is 0. The van der Waals surface area contributed by atoms with Crippen molar-refractivity contribution in [3.05, 3.63) is 10.5 Å².